The van der Waals surface area contributed by atoms with Crippen molar-refractivity contribution in [1.29, 1.82) is 0 Å². The maximum absolute atomic E-state index is 12.7. The number of nitrogens with zero attached hydrogens (tertiary/aromatic N) is 4. The zero-order valence-electron chi connectivity index (χ0n) is 17.4. The van der Waals surface area contributed by atoms with Crippen molar-refractivity contribution in [1.82, 2.24) is 15.1 Å². The lowest BCUT2D eigenvalue weighted by Gasteiger charge is -2.26. The van der Waals surface area contributed by atoms with Gasteiger partial charge >= 0.3 is 0 Å². The van der Waals surface area contributed by atoms with Gasteiger partial charge in [0.1, 0.15) is 0 Å². The molecule has 4 rings (SSSR count). The number of hydrogen-bond donors (Lipinski definition) is 1. The van der Waals surface area contributed by atoms with Crippen LogP contribution in [-0.2, 0) is 14.4 Å². The van der Waals surface area contributed by atoms with Gasteiger partial charge in [0.05, 0.1) is 11.7 Å². The first-order valence-electron chi connectivity index (χ1n) is 10.4. The molecule has 1 N–H and O–H groups in total. The maximum atomic E-state index is 12.7. The fourth-order valence-corrected chi connectivity index (χ4v) is 5.40. The van der Waals surface area contributed by atoms with E-state index in [1.165, 1.54) is 29.5 Å². The zero-order valence-corrected chi connectivity index (χ0v) is 19.0. The van der Waals surface area contributed by atoms with E-state index in [-0.39, 0.29) is 24.1 Å². The molecule has 2 fully saturated rings. The average molecular weight is 460 g/mol. The van der Waals surface area contributed by atoms with E-state index < -0.39 is 5.92 Å². The van der Waals surface area contributed by atoms with Gasteiger partial charge in [0, 0.05) is 31.7 Å². The van der Waals surface area contributed by atoms with Gasteiger partial charge < -0.3 is 15.1 Å². The highest BCUT2D eigenvalue weighted by Gasteiger charge is 2.35. The Morgan fingerprint density at radius 3 is 2.65 bits per heavy atom. The summed E-state index contributed by atoms with van der Waals surface area (Å²) in [5.41, 5.74) is 1.92. The van der Waals surface area contributed by atoms with Crippen LogP contribution >= 0.6 is 23.1 Å². The van der Waals surface area contributed by atoms with Crippen molar-refractivity contribution in [2.75, 3.05) is 35.6 Å². The van der Waals surface area contributed by atoms with Crippen molar-refractivity contribution in [3.8, 4) is 0 Å². The summed E-state index contributed by atoms with van der Waals surface area (Å²) < 4.78 is 0.643. The van der Waals surface area contributed by atoms with E-state index in [0.29, 0.717) is 21.8 Å². The van der Waals surface area contributed by atoms with Crippen LogP contribution in [0.15, 0.2) is 28.6 Å². The molecule has 3 amide bonds. The number of thioether (sulfide) groups is 1. The molecule has 0 saturated carbocycles. The molecule has 0 spiro atoms. The summed E-state index contributed by atoms with van der Waals surface area (Å²) in [6, 6.07) is 7.69. The Hall–Kier alpha value is -2.46. The molecule has 1 aromatic carbocycles. The molecule has 0 bridgehead atoms. The maximum Gasteiger partial charge on any atom is 0.233 e. The topological polar surface area (TPSA) is 95.5 Å². The van der Waals surface area contributed by atoms with Crippen LogP contribution in [0, 0.1) is 12.8 Å². The second-order valence-corrected chi connectivity index (χ2v) is 10.0. The third kappa shape index (κ3) is 5.43. The summed E-state index contributed by atoms with van der Waals surface area (Å²) in [6.45, 7) is 4.00. The third-order valence-corrected chi connectivity index (χ3v) is 7.46. The zero-order chi connectivity index (χ0) is 21.8. The Labute approximate surface area is 189 Å². The van der Waals surface area contributed by atoms with E-state index in [1.807, 2.05) is 36.1 Å². The van der Waals surface area contributed by atoms with Gasteiger partial charge in [-0.05, 0) is 38.3 Å². The van der Waals surface area contributed by atoms with E-state index in [0.717, 1.165) is 37.2 Å². The highest BCUT2D eigenvalue weighted by molar-refractivity contribution is 8.01. The molecule has 8 nitrogen and oxygen atoms in total. The van der Waals surface area contributed by atoms with E-state index in [2.05, 4.69) is 15.5 Å². The van der Waals surface area contributed by atoms with Crippen molar-refractivity contribution < 1.29 is 14.4 Å². The number of amides is 3. The molecule has 31 heavy (non-hydrogen) atoms. The number of carbonyl (C=O) groups excluding carboxylic acids is 3. The minimum atomic E-state index is -0.436. The van der Waals surface area contributed by atoms with Gasteiger partial charge in [-0.3, -0.25) is 14.4 Å². The van der Waals surface area contributed by atoms with Gasteiger partial charge in [0.25, 0.3) is 0 Å². The lowest BCUT2D eigenvalue weighted by Crippen LogP contribution is -2.36. The van der Waals surface area contributed by atoms with Gasteiger partial charge in [-0.25, -0.2) is 0 Å². The largest absolute Gasteiger partial charge is 0.342 e. The predicted molar refractivity (Wildman–Crippen MR) is 121 cm³/mol. The number of aryl methyl sites for hydroxylation is 1. The molecule has 10 heteroatoms. The lowest BCUT2D eigenvalue weighted by atomic mass is 10.1. The van der Waals surface area contributed by atoms with Crippen LogP contribution in [0.25, 0.3) is 0 Å². The Kier molecular flexibility index (Phi) is 6.86. The number of anilines is 2. The second kappa shape index (κ2) is 9.78. The van der Waals surface area contributed by atoms with Crippen LogP contribution in [0.4, 0.5) is 10.8 Å². The molecule has 1 aromatic heterocycles. The molecule has 164 valence electrons. The number of benzene rings is 1. The van der Waals surface area contributed by atoms with Gasteiger partial charge in [-0.2, -0.15) is 0 Å². The molecule has 3 heterocycles. The molecular weight excluding hydrogens is 434 g/mol. The van der Waals surface area contributed by atoms with Crippen molar-refractivity contribution in [3.05, 3.63) is 29.8 Å². The Bertz CT molecular complexity index is 956. The molecule has 2 saturated heterocycles. The molecule has 1 unspecified atom stereocenters. The van der Waals surface area contributed by atoms with Crippen LogP contribution in [0.3, 0.4) is 0 Å². The molecule has 2 aromatic rings. The van der Waals surface area contributed by atoms with E-state index in [4.69, 9.17) is 0 Å². The van der Waals surface area contributed by atoms with Crippen molar-refractivity contribution in [2.24, 2.45) is 5.92 Å². The molecule has 0 aliphatic carbocycles. The predicted octanol–water partition coefficient (Wildman–Crippen LogP) is 2.94. The third-order valence-electron chi connectivity index (χ3n) is 5.51. The van der Waals surface area contributed by atoms with Crippen LogP contribution in [0.2, 0.25) is 0 Å². The summed E-state index contributed by atoms with van der Waals surface area (Å²) in [7, 11) is 0. The summed E-state index contributed by atoms with van der Waals surface area (Å²) in [4.78, 5) is 40.9. The van der Waals surface area contributed by atoms with Gasteiger partial charge in [-0.1, -0.05) is 40.8 Å². The normalized spacial score (nSPS) is 19.0. The summed E-state index contributed by atoms with van der Waals surface area (Å²) >= 11 is 2.59. The number of carbonyl (C=O) groups is 3. The fraction of sp³-hybridized carbons (Fsp3) is 0.476. The Morgan fingerprint density at radius 1 is 1.16 bits per heavy atom. The number of rotatable bonds is 6. The standard InChI is InChI=1S/C21H25N5O3S2/c1-14-5-7-16(8-6-14)26-12-15(11-17(26)27)19(29)22-20-23-24-21(31-20)30-13-18(28)25-9-3-2-4-10-25/h5-8,15H,2-4,9-13H2,1H3,(H,22,23,29). The number of piperidine rings is 1. The first-order chi connectivity index (χ1) is 15.0. The number of likely N-dealkylation sites (tertiary alicyclic amines) is 1. The highest BCUT2D eigenvalue weighted by Crippen LogP contribution is 2.29. The monoisotopic (exact) mass is 459 g/mol. The first kappa shape index (κ1) is 21.8. The molecular formula is C21H25N5O3S2. The lowest BCUT2D eigenvalue weighted by molar-refractivity contribution is -0.129. The van der Waals surface area contributed by atoms with Crippen molar-refractivity contribution in [2.45, 2.75) is 36.9 Å². The quantitative estimate of drug-likeness (QED) is 0.527. The average Bonchev–Trinajstić information content (AvgIpc) is 3.39. The Morgan fingerprint density at radius 2 is 1.90 bits per heavy atom. The fourth-order valence-electron chi connectivity index (χ4n) is 3.74. The summed E-state index contributed by atoms with van der Waals surface area (Å²) in [5, 5.41) is 11.2. The molecule has 2 aliphatic rings. The second-order valence-electron chi connectivity index (χ2n) is 7.83. The van der Waals surface area contributed by atoms with Crippen LogP contribution < -0.4 is 10.2 Å². The van der Waals surface area contributed by atoms with Gasteiger partial charge in [0.2, 0.25) is 22.9 Å². The number of aromatic nitrogens is 2. The Balaban J connectivity index is 1.28. The van der Waals surface area contributed by atoms with Crippen molar-refractivity contribution >= 4 is 51.6 Å². The van der Waals surface area contributed by atoms with E-state index in [9.17, 15) is 14.4 Å². The smallest absolute Gasteiger partial charge is 0.233 e. The number of nitrogens with one attached hydrogen (secondary N) is 1. The molecule has 2 aliphatic heterocycles. The van der Waals surface area contributed by atoms with Crippen LogP contribution in [0.5, 0.6) is 0 Å². The minimum absolute atomic E-state index is 0.0614. The summed E-state index contributed by atoms with van der Waals surface area (Å²) in [6.07, 6.45) is 3.49. The number of hydrogen-bond acceptors (Lipinski definition) is 7. The molecule has 0 radical (unpaired) electrons. The minimum Gasteiger partial charge on any atom is -0.342 e. The SMILES string of the molecule is Cc1ccc(N2CC(C(=O)Nc3nnc(SCC(=O)N4CCCCC4)s3)CC2=O)cc1. The van der Waals surface area contributed by atoms with E-state index >= 15 is 0 Å². The van der Waals surface area contributed by atoms with Gasteiger partial charge in [-0.15, -0.1) is 10.2 Å². The first-order valence-corrected chi connectivity index (χ1v) is 12.2. The highest BCUT2D eigenvalue weighted by atomic mass is 32.2. The van der Waals surface area contributed by atoms with Crippen LogP contribution in [-0.4, -0.2) is 58.2 Å². The molecule has 1 atom stereocenters. The van der Waals surface area contributed by atoms with Crippen molar-refractivity contribution in [3.63, 3.8) is 0 Å². The van der Waals surface area contributed by atoms with E-state index in [1.54, 1.807) is 4.90 Å². The van der Waals surface area contributed by atoms with Crippen LogP contribution in [0.1, 0.15) is 31.2 Å². The van der Waals surface area contributed by atoms with Gasteiger partial charge in [0.15, 0.2) is 4.34 Å². The summed E-state index contributed by atoms with van der Waals surface area (Å²) in [5.74, 6) is -0.292.